The number of hydrogen-bond acceptors (Lipinski definition) is 5. The third-order valence-electron chi connectivity index (χ3n) is 5.88. The van der Waals surface area contributed by atoms with Crippen LogP contribution in [0.1, 0.15) is 47.3 Å². The first-order valence-electron chi connectivity index (χ1n) is 8.99. The highest BCUT2D eigenvalue weighted by Gasteiger charge is 2.50. The van der Waals surface area contributed by atoms with Gasteiger partial charge in [0.15, 0.2) is 0 Å². The van der Waals surface area contributed by atoms with Crippen LogP contribution in [0.3, 0.4) is 0 Å². The standard InChI is InChI=1S/C18H23N3O4/c22-14-5-8-21(10-18(14)6-2-7-19-17(18)25)15-12(16(23)24)9-11-3-1-4-13(11)20-15/h9,14,22H,1-8,10H2,(H,19,25)(H,23,24)/t14-,18+/m0/s1. The van der Waals surface area contributed by atoms with Crippen LogP contribution in [0, 0.1) is 5.41 Å². The summed E-state index contributed by atoms with van der Waals surface area (Å²) in [6.45, 7) is 1.44. The highest BCUT2D eigenvalue weighted by Crippen LogP contribution is 2.39. The molecule has 0 unspecified atom stereocenters. The average Bonchev–Trinajstić information content (AvgIpc) is 3.06. The summed E-state index contributed by atoms with van der Waals surface area (Å²) in [5, 5.41) is 23.0. The molecular weight excluding hydrogens is 322 g/mol. The van der Waals surface area contributed by atoms with Crippen molar-refractivity contribution in [1.82, 2.24) is 10.3 Å². The van der Waals surface area contributed by atoms with Crippen LogP contribution in [0.15, 0.2) is 6.07 Å². The summed E-state index contributed by atoms with van der Waals surface area (Å²) >= 11 is 0. The van der Waals surface area contributed by atoms with Crippen LogP contribution in [-0.2, 0) is 17.6 Å². The molecule has 2 aliphatic heterocycles. The maximum absolute atomic E-state index is 12.5. The minimum Gasteiger partial charge on any atom is -0.478 e. The van der Waals surface area contributed by atoms with Crippen molar-refractivity contribution >= 4 is 17.7 Å². The molecule has 134 valence electrons. The molecule has 2 fully saturated rings. The number of carboxylic acids is 1. The Hall–Kier alpha value is -2.15. The van der Waals surface area contributed by atoms with Crippen LogP contribution in [0.4, 0.5) is 5.82 Å². The van der Waals surface area contributed by atoms with Crippen LogP contribution in [-0.4, -0.2) is 52.8 Å². The third-order valence-corrected chi connectivity index (χ3v) is 5.88. The Morgan fingerprint density at radius 2 is 2.20 bits per heavy atom. The number of aryl methyl sites for hydroxylation is 2. The van der Waals surface area contributed by atoms with Crippen LogP contribution < -0.4 is 10.2 Å². The minimum absolute atomic E-state index is 0.131. The number of piperidine rings is 2. The molecule has 1 aromatic rings. The molecule has 1 aromatic heterocycles. The molecule has 3 aliphatic rings. The largest absolute Gasteiger partial charge is 0.478 e. The SMILES string of the molecule is O=C(O)c1cc2c(nc1N1CC[C@H](O)[C@@]3(CCCNC3=O)C1)CCC2. The second-order valence-corrected chi connectivity index (χ2v) is 7.37. The molecule has 4 rings (SSSR count). The van der Waals surface area contributed by atoms with Gasteiger partial charge in [-0.3, -0.25) is 4.79 Å². The fraction of sp³-hybridized carbons (Fsp3) is 0.611. The zero-order chi connectivity index (χ0) is 17.6. The molecule has 1 amide bonds. The number of aliphatic hydroxyl groups is 1. The van der Waals surface area contributed by atoms with Gasteiger partial charge in [0, 0.05) is 25.3 Å². The number of aromatic carboxylic acids is 1. The van der Waals surface area contributed by atoms with Crippen LogP contribution in [0.5, 0.6) is 0 Å². The summed E-state index contributed by atoms with van der Waals surface area (Å²) < 4.78 is 0. The molecule has 0 saturated carbocycles. The number of amides is 1. The highest BCUT2D eigenvalue weighted by atomic mass is 16.4. The number of anilines is 1. The van der Waals surface area contributed by atoms with Crippen LogP contribution >= 0.6 is 0 Å². The lowest BCUT2D eigenvalue weighted by atomic mass is 9.71. The number of fused-ring (bicyclic) bond motifs is 1. The Morgan fingerprint density at radius 3 is 2.96 bits per heavy atom. The summed E-state index contributed by atoms with van der Waals surface area (Å²) in [6, 6.07) is 1.74. The van der Waals surface area contributed by atoms with Crippen LogP contribution in [0.25, 0.3) is 0 Å². The van der Waals surface area contributed by atoms with Crippen molar-refractivity contribution in [3.63, 3.8) is 0 Å². The molecule has 7 nitrogen and oxygen atoms in total. The Labute approximate surface area is 146 Å². The second-order valence-electron chi connectivity index (χ2n) is 7.37. The number of carbonyl (C=O) groups excluding carboxylic acids is 1. The summed E-state index contributed by atoms with van der Waals surface area (Å²) in [5.74, 6) is -0.683. The lowest BCUT2D eigenvalue weighted by Crippen LogP contribution is -2.61. The number of aromatic nitrogens is 1. The Balaban J connectivity index is 1.72. The van der Waals surface area contributed by atoms with E-state index in [1.54, 1.807) is 6.07 Å². The van der Waals surface area contributed by atoms with Crippen molar-refractivity contribution in [2.24, 2.45) is 5.41 Å². The summed E-state index contributed by atoms with van der Waals surface area (Å²) in [7, 11) is 0. The van der Waals surface area contributed by atoms with Crippen molar-refractivity contribution < 1.29 is 19.8 Å². The van der Waals surface area contributed by atoms with E-state index in [4.69, 9.17) is 0 Å². The quantitative estimate of drug-likeness (QED) is 0.730. The van der Waals surface area contributed by atoms with Gasteiger partial charge in [0.05, 0.1) is 11.5 Å². The smallest absolute Gasteiger partial charge is 0.339 e. The van der Waals surface area contributed by atoms with Gasteiger partial charge in [0.25, 0.3) is 0 Å². The average molecular weight is 345 g/mol. The topological polar surface area (TPSA) is 103 Å². The third kappa shape index (κ3) is 2.57. The molecule has 2 atom stereocenters. The number of carbonyl (C=O) groups is 2. The van der Waals surface area contributed by atoms with E-state index < -0.39 is 17.5 Å². The van der Waals surface area contributed by atoms with E-state index in [1.807, 2.05) is 4.90 Å². The number of nitrogens with zero attached hydrogens (tertiary/aromatic N) is 2. The Kier molecular flexibility index (Phi) is 3.91. The zero-order valence-corrected chi connectivity index (χ0v) is 14.1. The fourth-order valence-corrected chi connectivity index (χ4v) is 4.48. The maximum atomic E-state index is 12.5. The van der Waals surface area contributed by atoms with Crippen molar-refractivity contribution in [2.75, 3.05) is 24.5 Å². The number of pyridine rings is 1. The van der Waals surface area contributed by atoms with Crippen molar-refractivity contribution in [1.29, 1.82) is 0 Å². The predicted molar refractivity (Wildman–Crippen MR) is 90.7 cm³/mol. The van der Waals surface area contributed by atoms with Gasteiger partial charge < -0.3 is 20.4 Å². The molecule has 1 aliphatic carbocycles. The molecular formula is C18H23N3O4. The zero-order valence-electron chi connectivity index (χ0n) is 14.1. The molecule has 3 heterocycles. The van der Waals surface area contributed by atoms with Gasteiger partial charge in [0.2, 0.25) is 5.91 Å². The van der Waals surface area contributed by atoms with E-state index in [-0.39, 0.29) is 11.5 Å². The van der Waals surface area contributed by atoms with Gasteiger partial charge in [-0.25, -0.2) is 9.78 Å². The normalized spacial score (nSPS) is 28.8. The number of carboxylic acid groups (broad SMARTS) is 1. The van der Waals surface area contributed by atoms with E-state index in [0.29, 0.717) is 38.3 Å². The van der Waals surface area contributed by atoms with Gasteiger partial charge in [-0.15, -0.1) is 0 Å². The molecule has 25 heavy (non-hydrogen) atoms. The Morgan fingerprint density at radius 1 is 1.36 bits per heavy atom. The maximum Gasteiger partial charge on any atom is 0.339 e. The number of aliphatic hydroxyl groups excluding tert-OH is 1. The van der Waals surface area contributed by atoms with Gasteiger partial charge in [-0.1, -0.05) is 0 Å². The number of rotatable bonds is 2. The van der Waals surface area contributed by atoms with E-state index in [2.05, 4.69) is 10.3 Å². The van der Waals surface area contributed by atoms with E-state index in [1.165, 1.54) is 0 Å². The molecule has 0 aromatic carbocycles. The number of nitrogens with one attached hydrogen (secondary N) is 1. The van der Waals surface area contributed by atoms with Gasteiger partial charge >= 0.3 is 5.97 Å². The number of hydrogen-bond donors (Lipinski definition) is 3. The van der Waals surface area contributed by atoms with E-state index in [0.717, 1.165) is 36.9 Å². The van der Waals surface area contributed by atoms with Crippen molar-refractivity contribution in [2.45, 2.75) is 44.6 Å². The lowest BCUT2D eigenvalue weighted by molar-refractivity contribution is -0.142. The summed E-state index contributed by atoms with van der Waals surface area (Å²) in [6.07, 6.45) is 3.90. The molecule has 0 radical (unpaired) electrons. The van der Waals surface area contributed by atoms with Crippen LogP contribution in [0.2, 0.25) is 0 Å². The van der Waals surface area contributed by atoms with E-state index in [9.17, 15) is 19.8 Å². The lowest BCUT2D eigenvalue weighted by Gasteiger charge is -2.47. The predicted octanol–water partition coefficient (Wildman–Crippen LogP) is 0.736. The Bertz CT molecular complexity index is 735. The van der Waals surface area contributed by atoms with E-state index >= 15 is 0 Å². The second kappa shape index (κ2) is 5.98. The van der Waals surface area contributed by atoms with Crippen molar-refractivity contribution in [3.05, 3.63) is 22.9 Å². The summed E-state index contributed by atoms with van der Waals surface area (Å²) in [4.78, 5) is 30.8. The molecule has 0 bridgehead atoms. The molecule has 2 saturated heterocycles. The van der Waals surface area contributed by atoms with Gasteiger partial charge in [-0.2, -0.15) is 0 Å². The molecule has 3 N–H and O–H groups in total. The van der Waals surface area contributed by atoms with Gasteiger partial charge in [-0.05, 0) is 50.2 Å². The van der Waals surface area contributed by atoms with Crippen molar-refractivity contribution in [3.8, 4) is 0 Å². The first-order chi connectivity index (χ1) is 12.0. The van der Waals surface area contributed by atoms with Gasteiger partial charge in [0.1, 0.15) is 11.4 Å². The fourth-order valence-electron chi connectivity index (χ4n) is 4.48. The first-order valence-corrected chi connectivity index (χ1v) is 8.99. The minimum atomic E-state index is -0.995. The first kappa shape index (κ1) is 16.3. The molecule has 1 spiro atoms. The summed E-state index contributed by atoms with van der Waals surface area (Å²) in [5.41, 5.74) is 1.31. The highest BCUT2D eigenvalue weighted by molar-refractivity contribution is 5.94. The monoisotopic (exact) mass is 345 g/mol. The molecule has 7 heteroatoms.